The van der Waals surface area contributed by atoms with Crippen molar-refractivity contribution in [2.24, 2.45) is 0 Å². The zero-order chi connectivity index (χ0) is 14.8. The lowest BCUT2D eigenvalue weighted by Crippen LogP contribution is -2.50. The van der Waals surface area contributed by atoms with Gasteiger partial charge < -0.3 is 5.32 Å². The molecule has 8 heteroatoms. The van der Waals surface area contributed by atoms with E-state index in [1.165, 1.54) is 11.3 Å². The predicted octanol–water partition coefficient (Wildman–Crippen LogP) is 3.03. The van der Waals surface area contributed by atoms with Crippen LogP contribution >= 0.6 is 34.5 Å². The van der Waals surface area contributed by atoms with Gasteiger partial charge in [0.15, 0.2) is 0 Å². The summed E-state index contributed by atoms with van der Waals surface area (Å²) in [6.07, 6.45) is 1.15. The second kappa shape index (κ2) is 6.28. The van der Waals surface area contributed by atoms with Crippen molar-refractivity contribution in [3.05, 3.63) is 20.3 Å². The van der Waals surface area contributed by atoms with Gasteiger partial charge in [0.05, 0.1) is 14.9 Å². The maximum absolute atomic E-state index is 11.2. The Hall–Kier alpha value is 0.150. The predicted molar refractivity (Wildman–Crippen MR) is 82.8 cm³/mol. The molecule has 0 amide bonds. The molecule has 0 radical (unpaired) electrons. The van der Waals surface area contributed by atoms with Crippen LogP contribution in [0, 0.1) is 0 Å². The van der Waals surface area contributed by atoms with Crippen LogP contribution in [0.15, 0.2) is 6.07 Å². The summed E-state index contributed by atoms with van der Waals surface area (Å²) >= 11 is 13.3. The molecule has 0 fully saturated rings. The van der Waals surface area contributed by atoms with Gasteiger partial charge in [0, 0.05) is 18.1 Å². The summed E-state index contributed by atoms with van der Waals surface area (Å²) in [5, 5.41) is 3.25. The van der Waals surface area contributed by atoms with Crippen LogP contribution in [0.5, 0.6) is 0 Å². The number of halogens is 2. The second-order valence-electron chi connectivity index (χ2n) is 5.14. The van der Waals surface area contributed by atoms with Crippen molar-refractivity contribution in [2.75, 3.05) is 12.8 Å². The van der Waals surface area contributed by atoms with Gasteiger partial charge in [-0.1, -0.05) is 23.2 Å². The summed E-state index contributed by atoms with van der Waals surface area (Å²) in [5.74, 6) is 0. The lowest BCUT2D eigenvalue weighted by molar-refractivity contribution is 0.399. The van der Waals surface area contributed by atoms with Crippen molar-refractivity contribution < 1.29 is 8.42 Å². The Labute approximate surface area is 128 Å². The van der Waals surface area contributed by atoms with Crippen LogP contribution in [-0.2, 0) is 10.0 Å². The average molecular weight is 345 g/mol. The van der Waals surface area contributed by atoms with Gasteiger partial charge in [-0.2, -0.15) is 0 Å². The van der Waals surface area contributed by atoms with Crippen LogP contribution in [0.2, 0.25) is 8.67 Å². The van der Waals surface area contributed by atoms with E-state index >= 15 is 0 Å². The third-order valence-corrected chi connectivity index (χ3v) is 4.90. The highest BCUT2D eigenvalue weighted by molar-refractivity contribution is 7.88. The molecule has 0 aliphatic heterocycles. The van der Waals surface area contributed by atoms with Crippen LogP contribution in [0.25, 0.3) is 0 Å². The molecule has 1 unspecified atom stereocenters. The Bertz CT molecular complexity index is 541. The Morgan fingerprint density at radius 1 is 1.42 bits per heavy atom. The van der Waals surface area contributed by atoms with E-state index < -0.39 is 15.6 Å². The van der Waals surface area contributed by atoms with Gasteiger partial charge in [0.25, 0.3) is 0 Å². The van der Waals surface area contributed by atoms with E-state index in [-0.39, 0.29) is 6.04 Å². The van der Waals surface area contributed by atoms with Crippen molar-refractivity contribution in [3.8, 4) is 0 Å². The van der Waals surface area contributed by atoms with Crippen LogP contribution in [-0.4, -0.2) is 26.8 Å². The summed E-state index contributed by atoms with van der Waals surface area (Å²) in [7, 11) is -3.23. The zero-order valence-corrected chi connectivity index (χ0v) is 14.4. The average Bonchev–Trinajstić information content (AvgIpc) is 2.51. The molecule has 1 aromatic heterocycles. The van der Waals surface area contributed by atoms with Gasteiger partial charge in [-0.3, -0.25) is 0 Å². The Morgan fingerprint density at radius 2 is 2.00 bits per heavy atom. The molecule has 4 nitrogen and oxygen atoms in total. The number of hydrogen-bond acceptors (Lipinski definition) is 4. The topological polar surface area (TPSA) is 58.2 Å². The largest absolute Gasteiger partial charge is 0.308 e. The van der Waals surface area contributed by atoms with Gasteiger partial charge in [0.1, 0.15) is 0 Å². The second-order valence-corrected chi connectivity index (χ2v) is 9.17. The summed E-state index contributed by atoms with van der Waals surface area (Å²) in [6, 6.07) is 1.82. The highest BCUT2D eigenvalue weighted by Gasteiger charge is 2.23. The number of nitrogens with one attached hydrogen (secondary N) is 2. The van der Waals surface area contributed by atoms with Crippen LogP contribution < -0.4 is 10.0 Å². The highest BCUT2D eigenvalue weighted by Crippen LogP contribution is 2.34. The lowest BCUT2D eigenvalue weighted by Gasteiger charge is -2.27. The van der Waals surface area contributed by atoms with Gasteiger partial charge in [0.2, 0.25) is 10.0 Å². The zero-order valence-electron chi connectivity index (χ0n) is 11.3. The van der Waals surface area contributed by atoms with Crippen LogP contribution in [0.3, 0.4) is 0 Å². The molecule has 1 heterocycles. The van der Waals surface area contributed by atoms with Crippen molar-refractivity contribution in [3.63, 3.8) is 0 Å². The first-order valence-electron chi connectivity index (χ1n) is 5.67. The molecule has 0 saturated heterocycles. The fourth-order valence-electron chi connectivity index (χ4n) is 1.70. The smallest absolute Gasteiger partial charge is 0.209 e. The van der Waals surface area contributed by atoms with Gasteiger partial charge in [-0.15, -0.1) is 11.3 Å². The van der Waals surface area contributed by atoms with Crippen molar-refractivity contribution >= 4 is 44.6 Å². The van der Waals surface area contributed by atoms with E-state index in [2.05, 4.69) is 10.0 Å². The first-order valence-corrected chi connectivity index (χ1v) is 9.13. The quantitative estimate of drug-likeness (QED) is 0.833. The minimum atomic E-state index is -3.23. The first kappa shape index (κ1) is 17.2. The van der Waals surface area contributed by atoms with Gasteiger partial charge in [-0.05, 0) is 32.4 Å². The molecule has 0 bridgehead atoms. The van der Waals surface area contributed by atoms with E-state index in [0.717, 1.165) is 11.8 Å². The number of thiophene rings is 1. The molecule has 0 spiro atoms. The third-order valence-electron chi connectivity index (χ3n) is 2.46. The maximum atomic E-state index is 11.2. The number of sulfonamides is 1. The monoisotopic (exact) mass is 344 g/mol. The molecule has 1 rings (SSSR count). The molecule has 2 N–H and O–H groups in total. The van der Waals surface area contributed by atoms with E-state index in [4.69, 9.17) is 23.2 Å². The fraction of sp³-hybridized carbons (Fsp3) is 0.636. The SMILES string of the molecule is CC(NCC(C)(C)NS(C)(=O)=O)c1cc(Cl)sc1Cl. The van der Waals surface area contributed by atoms with E-state index in [1.807, 2.05) is 26.8 Å². The minimum Gasteiger partial charge on any atom is -0.308 e. The van der Waals surface area contributed by atoms with E-state index in [9.17, 15) is 8.42 Å². The Kier molecular flexibility index (Phi) is 5.69. The molecule has 0 aliphatic carbocycles. The highest BCUT2D eigenvalue weighted by atomic mass is 35.5. The van der Waals surface area contributed by atoms with Crippen LogP contribution in [0.1, 0.15) is 32.4 Å². The summed E-state index contributed by atoms with van der Waals surface area (Å²) in [6.45, 7) is 6.07. The molecule has 110 valence electrons. The molecule has 0 aromatic carbocycles. The maximum Gasteiger partial charge on any atom is 0.209 e. The number of hydrogen-bond donors (Lipinski definition) is 2. The molecular weight excluding hydrogens is 327 g/mol. The van der Waals surface area contributed by atoms with Crippen molar-refractivity contribution in [2.45, 2.75) is 32.4 Å². The normalized spacial score (nSPS) is 14.6. The summed E-state index contributed by atoms with van der Waals surface area (Å²) in [4.78, 5) is 0. The molecule has 19 heavy (non-hydrogen) atoms. The third kappa shape index (κ3) is 5.97. The number of rotatable bonds is 6. The summed E-state index contributed by atoms with van der Waals surface area (Å²) < 4.78 is 26.4. The van der Waals surface area contributed by atoms with E-state index in [0.29, 0.717) is 15.2 Å². The molecule has 1 atom stereocenters. The Morgan fingerprint density at radius 3 is 2.42 bits per heavy atom. The van der Waals surface area contributed by atoms with E-state index in [1.54, 1.807) is 0 Å². The lowest BCUT2D eigenvalue weighted by atomic mass is 10.1. The Balaban J connectivity index is 2.64. The van der Waals surface area contributed by atoms with Crippen molar-refractivity contribution in [1.82, 2.24) is 10.0 Å². The molecular formula is C11H18Cl2N2O2S2. The van der Waals surface area contributed by atoms with Gasteiger partial charge >= 0.3 is 0 Å². The first-order chi connectivity index (χ1) is 8.50. The van der Waals surface area contributed by atoms with Crippen LogP contribution in [0.4, 0.5) is 0 Å². The fourth-order valence-corrected chi connectivity index (χ4v) is 4.43. The molecule has 1 aromatic rings. The minimum absolute atomic E-state index is 0.00288. The van der Waals surface area contributed by atoms with Gasteiger partial charge in [-0.25, -0.2) is 13.1 Å². The molecule has 0 aliphatic rings. The standard InChI is InChI=1S/C11H18Cl2N2O2S2/c1-7(8-5-9(12)18-10(8)13)14-6-11(2,3)15-19(4,16)17/h5,7,14-15H,6H2,1-4H3. The van der Waals surface area contributed by atoms with Crippen molar-refractivity contribution in [1.29, 1.82) is 0 Å². The molecule has 0 saturated carbocycles. The summed E-state index contributed by atoms with van der Waals surface area (Å²) in [5.41, 5.74) is 0.348.